The maximum absolute atomic E-state index is 9.91. The predicted octanol–water partition coefficient (Wildman–Crippen LogP) is 0.521. The van der Waals surface area contributed by atoms with E-state index in [4.69, 9.17) is 10.5 Å². The number of nitrogens with zero attached hydrogens (tertiary/aromatic N) is 1. The molecular weight excluding hydrogens is 192 g/mol. The number of hydrogen-bond acceptors (Lipinski definition) is 4. The molecule has 0 bridgehead atoms. The number of rotatable bonds is 6. The van der Waals surface area contributed by atoms with Crippen molar-refractivity contribution in [2.75, 3.05) is 20.3 Å². The molecule has 0 spiro atoms. The van der Waals surface area contributed by atoms with E-state index in [1.54, 1.807) is 19.5 Å². The standard InChI is InChI=1S/C11H18N2O2/c1-15-7-4-11(14)10(8-12)9-2-5-13-6-3-9/h2-3,5-6,10-11,14H,4,7-8,12H2,1H3. The number of ether oxygens (including phenoxy) is 1. The summed E-state index contributed by atoms with van der Waals surface area (Å²) in [6.45, 7) is 0.970. The molecular formula is C11H18N2O2. The molecule has 0 radical (unpaired) electrons. The lowest BCUT2D eigenvalue weighted by molar-refractivity contribution is 0.0920. The van der Waals surface area contributed by atoms with E-state index < -0.39 is 6.10 Å². The van der Waals surface area contributed by atoms with Crippen LogP contribution in [0.3, 0.4) is 0 Å². The summed E-state index contributed by atoms with van der Waals surface area (Å²) in [6, 6.07) is 3.76. The summed E-state index contributed by atoms with van der Waals surface area (Å²) >= 11 is 0. The van der Waals surface area contributed by atoms with Crippen molar-refractivity contribution >= 4 is 0 Å². The summed E-state index contributed by atoms with van der Waals surface area (Å²) in [5, 5.41) is 9.91. The molecule has 0 saturated heterocycles. The average molecular weight is 210 g/mol. The van der Waals surface area contributed by atoms with Crippen LogP contribution in [0.2, 0.25) is 0 Å². The second-order valence-electron chi connectivity index (χ2n) is 3.47. The van der Waals surface area contributed by atoms with E-state index >= 15 is 0 Å². The van der Waals surface area contributed by atoms with Gasteiger partial charge in [0, 0.05) is 38.6 Å². The lowest BCUT2D eigenvalue weighted by Crippen LogP contribution is -2.27. The van der Waals surface area contributed by atoms with E-state index in [0.717, 1.165) is 5.56 Å². The molecule has 0 aliphatic heterocycles. The minimum absolute atomic E-state index is 0.0388. The van der Waals surface area contributed by atoms with Gasteiger partial charge in [-0.1, -0.05) is 0 Å². The Morgan fingerprint density at radius 1 is 1.47 bits per heavy atom. The van der Waals surface area contributed by atoms with Gasteiger partial charge >= 0.3 is 0 Å². The van der Waals surface area contributed by atoms with Crippen molar-refractivity contribution in [2.45, 2.75) is 18.4 Å². The fourth-order valence-corrected chi connectivity index (χ4v) is 1.57. The summed E-state index contributed by atoms with van der Waals surface area (Å²) in [5.41, 5.74) is 6.68. The second kappa shape index (κ2) is 6.50. The van der Waals surface area contributed by atoms with E-state index in [-0.39, 0.29) is 5.92 Å². The van der Waals surface area contributed by atoms with Gasteiger partial charge in [0.2, 0.25) is 0 Å². The first kappa shape index (κ1) is 12.1. The number of aliphatic hydroxyl groups is 1. The van der Waals surface area contributed by atoms with Crippen molar-refractivity contribution in [1.82, 2.24) is 4.98 Å². The molecule has 2 atom stereocenters. The number of aliphatic hydroxyl groups excluding tert-OH is 1. The summed E-state index contributed by atoms with van der Waals surface area (Å²) < 4.78 is 4.93. The second-order valence-corrected chi connectivity index (χ2v) is 3.47. The summed E-state index contributed by atoms with van der Waals surface area (Å²) in [6.07, 6.45) is 3.56. The van der Waals surface area contributed by atoms with Gasteiger partial charge in [0.1, 0.15) is 0 Å². The molecule has 1 aromatic rings. The Kier molecular flexibility index (Phi) is 5.25. The van der Waals surface area contributed by atoms with E-state index in [0.29, 0.717) is 19.6 Å². The monoisotopic (exact) mass is 210 g/mol. The lowest BCUT2D eigenvalue weighted by atomic mass is 9.92. The summed E-state index contributed by atoms with van der Waals surface area (Å²) in [7, 11) is 1.62. The van der Waals surface area contributed by atoms with Crippen LogP contribution in [0.5, 0.6) is 0 Å². The SMILES string of the molecule is COCCC(O)C(CN)c1ccncc1. The van der Waals surface area contributed by atoms with Gasteiger partial charge in [0.25, 0.3) is 0 Å². The van der Waals surface area contributed by atoms with E-state index in [1.807, 2.05) is 12.1 Å². The molecule has 0 amide bonds. The normalized spacial score (nSPS) is 14.9. The van der Waals surface area contributed by atoms with Crippen LogP contribution >= 0.6 is 0 Å². The van der Waals surface area contributed by atoms with Crippen molar-refractivity contribution in [3.63, 3.8) is 0 Å². The van der Waals surface area contributed by atoms with Crippen LogP contribution in [0.15, 0.2) is 24.5 Å². The zero-order valence-corrected chi connectivity index (χ0v) is 8.97. The molecule has 0 aliphatic rings. The molecule has 0 aromatic carbocycles. The Hall–Kier alpha value is -0.970. The van der Waals surface area contributed by atoms with E-state index in [9.17, 15) is 5.11 Å². The Balaban J connectivity index is 2.63. The number of hydrogen-bond donors (Lipinski definition) is 2. The first-order chi connectivity index (χ1) is 7.29. The van der Waals surface area contributed by atoms with Crippen LogP contribution in [0.1, 0.15) is 17.9 Å². The molecule has 4 heteroatoms. The highest BCUT2D eigenvalue weighted by atomic mass is 16.5. The fourth-order valence-electron chi connectivity index (χ4n) is 1.57. The van der Waals surface area contributed by atoms with Gasteiger partial charge in [-0.2, -0.15) is 0 Å². The van der Waals surface area contributed by atoms with Gasteiger partial charge in [0.15, 0.2) is 0 Å². The minimum Gasteiger partial charge on any atom is -0.392 e. The molecule has 0 saturated carbocycles. The molecule has 1 aromatic heterocycles. The maximum Gasteiger partial charge on any atom is 0.0642 e. The molecule has 3 N–H and O–H groups in total. The number of aromatic nitrogens is 1. The molecule has 84 valence electrons. The third-order valence-electron chi connectivity index (χ3n) is 2.47. The van der Waals surface area contributed by atoms with Crippen LogP contribution in [0, 0.1) is 0 Å². The first-order valence-electron chi connectivity index (χ1n) is 5.06. The summed E-state index contributed by atoms with van der Waals surface area (Å²) in [4.78, 5) is 3.94. The van der Waals surface area contributed by atoms with Crippen molar-refractivity contribution in [3.05, 3.63) is 30.1 Å². The third-order valence-corrected chi connectivity index (χ3v) is 2.47. The van der Waals surface area contributed by atoms with Crippen molar-refractivity contribution in [2.24, 2.45) is 5.73 Å². The van der Waals surface area contributed by atoms with Gasteiger partial charge in [-0.15, -0.1) is 0 Å². The number of methoxy groups -OCH3 is 1. The highest BCUT2D eigenvalue weighted by Crippen LogP contribution is 2.19. The summed E-state index contributed by atoms with van der Waals surface area (Å²) in [5.74, 6) is -0.0388. The molecule has 4 nitrogen and oxygen atoms in total. The highest BCUT2D eigenvalue weighted by Gasteiger charge is 2.19. The van der Waals surface area contributed by atoms with Crippen molar-refractivity contribution in [1.29, 1.82) is 0 Å². The van der Waals surface area contributed by atoms with Crippen LogP contribution < -0.4 is 5.73 Å². The van der Waals surface area contributed by atoms with Crippen LogP contribution in [-0.2, 0) is 4.74 Å². The van der Waals surface area contributed by atoms with E-state index in [1.165, 1.54) is 0 Å². The van der Waals surface area contributed by atoms with Gasteiger partial charge < -0.3 is 15.6 Å². The van der Waals surface area contributed by atoms with Crippen molar-refractivity contribution < 1.29 is 9.84 Å². The average Bonchev–Trinajstić information content (AvgIpc) is 2.29. The highest BCUT2D eigenvalue weighted by molar-refractivity contribution is 5.17. The third kappa shape index (κ3) is 3.58. The Morgan fingerprint density at radius 2 is 2.13 bits per heavy atom. The lowest BCUT2D eigenvalue weighted by Gasteiger charge is -2.21. The molecule has 1 heterocycles. The van der Waals surface area contributed by atoms with Crippen LogP contribution in [-0.4, -0.2) is 36.5 Å². The van der Waals surface area contributed by atoms with E-state index in [2.05, 4.69) is 4.98 Å². The van der Waals surface area contributed by atoms with Gasteiger partial charge in [-0.05, 0) is 24.1 Å². The number of pyridine rings is 1. The molecule has 1 rings (SSSR count). The van der Waals surface area contributed by atoms with Crippen molar-refractivity contribution in [3.8, 4) is 0 Å². The minimum atomic E-state index is -0.461. The number of nitrogens with two attached hydrogens (primary N) is 1. The Bertz CT molecular complexity index is 267. The fraction of sp³-hybridized carbons (Fsp3) is 0.545. The predicted molar refractivity (Wildman–Crippen MR) is 58.5 cm³/mol. The molecule has 2 unspecified atom stereocenters. The molecule has 15 heavy (non-hydrogen) atoms. The Labute approximate surface area is 90.1 Å². The quantitative estimate of drug-likeness (QED) is 0.718. The van der Waals surface area contributed by atoms with Crippen LogP contribution in [0.4, 0.5) is 0 Å². The first-order valence-corrected chi connectivity index (χ1v) is 5.06. The zero-order valence-electron chi connectivity index (χ0n) is 8.97. The molecule has 0 aliphatic carbocycles. The topological polar surface area (TPSA) is 68.4 Å². The smallest absolute Gasteiger partial charge is 0.0642 e. The van der Waals surface area contributed by atoms with Gasteiger partial charge in [-0.25, -0.2) is 0 Å². The Morgan fingerprint density at radius 3 is 2.67 bits per heavy atom. The van der Waals surface area contributed by atoms with Gasteiger partial charge in [0.05, 0.1) is 6.10 Å². The van der Waals surface area contributed by atoms with Crippen LogP contribution in [0.25, 0.3) is 0 Å². The van der Waals surface area contributed by atoms with Gasteiger partial charge in [-0.3, -0.25) is 4.98 Å². The zero-order chi connectivity index (χ0) is 11.1. The molecule has 0 fully saturated rings. The largest absolute Gasteiger partial charge is 0.392 e. The maximum atomic E-state index is 9.91.